The van der Waals surface area contributed by atoms with E-state index >= 15 is 0 Å². The van der Waals surface area contributed by atoms with Gasteiger partial charge in [-0.05, 0) is 72.9 Å². The number of aromatic nitrogens is 2. The van der Waals surface area contributed by atoms with Crippen molar-refractivity contribution < 1.29 is 0 Å². The molecule has 1 aliphatic heterocycles. The first kappa shape index (κ1) is 20.3. The van der Waals surface area contributed by atoms with Crippen LogP contribution in [0.1, 0.15) is 23.5 Å². The van der Waals surface area contributed by atoms with Gasteiger partial charge >= 0.3 is 0 Å². The van der Waals surface area contributed by atoms with Crippen LogP contribution in [-0.4, -0.2) is 28.8 Å². The molecule has 5 rings (SSSR count). The van der Waals surface area contributed by atoms with Gasteiger partial charge in [-0.15, -0.1) is 0 Å². The highest BCUT2D eigenvalue weighted by Crippen LogP contribution is 2.42. The Morgan fingerprint density at radius 2 is 1.59 bits per heavy atom. The maximum absolute atomic E-state index is 5.86. The van der Waals surface area contributed by atoms with Crippen molar-refractivity contribution in [1.82, 2.24) is 14.9 Å². The first-order chi connectivity index (χ1) is 15.6. The summed E-state index contributed by atoms with van der Waals surface area (Å²) < 4.78 is 2.23. The van der Waals surface area contributed by atoms with E-state index in [1.54, 1.807) is 0 Å². The Morgan fingerprint density at radius 1 is 0.844 bits per heavy atom. The van der Waals surface area contributed by atoms with Gasteiger partial charge in [0.1, 0.15) is 6.04 Å². The summed E-state index contributed by atoms with van der Waals surface area (Å²) in [6, 6.07) is 29.1. The minimum absolute atomic E-state index is 0.0576. The van der Waals surface area contributed by atoms with Gasteiger partial charge in [-0.3, -0.25) is 4.98 Å². The number of nitrogens with one attached hydrogen (secondary N) is 1. The zero-order chi connectivity index (χ0) is 22.1. The molecule has 6 heteroatoms. The van der Waals surface area contributed by atoms with Gasteiger partial charge < -0.3 is 19.7 Å². The van der Waals surface area contributed by atoms with Crippen LogP contribution in [0.2, 0.25) is 0 Å². The van der Waals surface area contributed by atoms with E-state index in [0.29, 0.717) is 5.11 Å². The second-order valence-electron chi connectivity index (χ2n) is 8.05. The Bertz CT molecular complexity index is 1200. The molecule has 1 N–H and O–H groups in total. The Labute approximate surface area is 193 Å². The lowest BCUT2D eigenvalue weighted by molar-refractivity contribution is 0.549. The molecule has 0 bridgehead atoms. The van der Waals surface area contributed by atoms with Gasteiger partial charge in [-0.2, -0.15) is 0 Å². The molecule has 4 aromatic rings. The molecule has 5 nitrogen and oxygen atoms in total. The molecule has 0 spiro atoms. The van der Waals surface area contributed by atoms with Crippen LogP contribution >= 0.6 is 12.2 Å². The summed E-state index contributed by atoms with van der Waals surface area (Å²) in [6.45, 7) is 0. The summed E-state index contributed by atoms with van der Waals surface area (Å²) in [6.07, 6.45) is 3.94. The zero-order valence-corrected chi connectivity index (χ0v) is 18.9. The normalized spacial score (nSPS) is 17.9. The molecule has 2 aromatic carbocycles. The number of anilines is 2. The molecule has 2 aromatic heterocycles. The molecule has 0 aliphatic carbocycles. The van der Waals surface area contributed by atoms with E-state index in [-0.39, 0.29) is 12.1 Å². The summed E-state index contributed by atoms with van der Waals surface area (Å²) in [7, 11) is 4.09. The van der Waals surface area contributed by atoms with Crippen molar-refractivity contribution in [3.8, 4) is 5.69 Å². The number of nitrogens with zero attached hydrogens (tertiary/aromatic N) is 4. The SMILES string of the molecule is CN(C)c1ccc(N2C(=S)N[C@@H](c3ccccn3)[C@H]2c2cccn2-c2ccccc2)cc1. The standard InChI is InChI=1S/C26H25N5S/c1-29(2)19-13-15-21(16-14-19)31-25(24(28-26(31)32)22-11-6-7-17-27-22)23-12-8-18-30(23)20-9-4-3-5-10-20/h3-18,24-25H,1-2H3,(H,28,32)/t24-,25+/m0/s1. The van der Waals surface area contributed by atoms with Crippen LogP contribution < -0.4 is 15.1 Å². The summed E-state index contributed by atoms with van der Waals surface area (Å²) in [5.74, 6) is 0. The lowest BCUT2D eigenvalue weighted by Gasteiger charge is -2.29. The molecular weight excluding hydrogens is 414 g/mol. The Kier molecular flexibility index (Phi) is 5.37. The van der Waals surface area contributed by atoms with E-state index in [4.69, 9.17) is 12.2 Å². The lowest BCUT2D eigenvalue weighted by Crippen LogP contribution is -2.30. The molecule has 0 amide bonds. The molecule has 2 atom stereocenters. The van der Waals surface area contributed by atoms with Crippen LogP contribution in [0.15, 0.2) is 97.3 Å². The van der Waals surface area contributed by atoms with Crippen LogP contribution in [0.4, 0.5) is 11.4 Å². The van der Waals surface area contributed by atoms with Gasteiger partial charge in [0.15, 0.2) is 5.11 Å². The predicted octanol–water partition coefficient (Wildman–Crippen LogP) is 5.12. The number of rotatable bonds is 5. The molecule has 0 saturated carbocycles. The van der Waals surface area contributed by atoms with Gasteiger partial charge in [0, 0.05) is 49.2 Å². The van der Waals surface area contributed by atoms with Gasteiger partial charge in [0.25, 0.3) is 0 Å². The fraction of sp³-hybridized carbons (Fsp3) is 0.154. The third kappa shape index (κ3) is 3.63. The second kappa shape index (κ2) is 8.48. The van der Waals surface area contributed by atoms with Crippen LogP contribution in [0.3, 0.4) is 0 Å². The molecule has 1 fully saturated rings. The van der Waals surface area contributed by atoms with Crippen LogP contribution in [0.5, 0.6) is 0 Å². The minimum Gasteiger partial charge on any atom is -0.378 e. The number of benzene rings is 2. The lowest BCUT2D eigenvalue weighted by atomic mass is 10.0. The fourth-order valence-corrected chi connectivity index (χ4v) is 4.65. The van der Waals surface area contributed by atoms with Crippen molar-refractivity contribution in [3.63, 3.8) is 0 Å². The number of pyridine rings is 1. The van der Waals surface area contributed by atoms with Crippen molar-refractivity contribution in [3.05, 3.63) is 109 Å². The quantitative estimate of drug-likeness (QED) is 0.437. The highest BCUT2D eigenvalue weighted by atomic mass is 32.1. The van der Waals surface area contributed by atoms with E-state index in [1.807, 2.05) is 38.5 Å². The first-order valence-electron chi connectivity index (χ1n) is 10.6. The third-order valence-electron chi connectivity index (χ3n) is 5.86. The van der Waals surface area contributed by atoms with Crippen molar-refractivity contribution in [2.24, 2.45) is 0 Å². The second-order valence-corrected chi connectivity index (χ2v) is 8.43. The summed E-state index contributed by atoms with van der Waals surface area (Å²) in [4.78, 5) is 8.97. The Hall–Kier alpha value is -3.64. The number of hydrogen-bond acceptors (Lipinski definition) is 3. The number of hydrogen-bond donors (Lipinski definition) is 1. The average molecular weight is 440 g/mol. The van der Waals surface area contributed by atoms with Gasteiger partial charge in [0.05, 0.1) is 11.7 Å². The molecule has 0 radical (unpaired) electrons. The zero-order valence-electron chi connectivity index (χ0n) is 18.1. The van der Waals surface area contributed by atoms with E-state index in [2.05, 4.69) is 97.6 Å². The van der Waals surface area contributed by atoms with E-state index in [0.717, 1.165) is 28.5 Å². The van der Waals surface area contributed by atoms with Crippen LogP contribution in [0, 0.1) is 0 Å². The summed E-state index contributed by atoms with van der Waals surface area (Å²) in [5, 5.41) is 4.24. The highest BCUT2D eigenvalue weighted by molar-refractivity contribution is 7.80. The maximum Gasteiger partial charge on any atom is 0.174 e. The van der Waals surface area contributed by atoms with Crippen molar-refractivity contribution in [2.45, 2.75) is 12.1 Å². The Morgan fingerprint density at radius 3 is 2.28 bits per heavy atom. The molecule has 1 saturated heterocycles. The largest absolute Gasteiger partial charge is 0.378 e. The molecular formula is C26H25N5S. The average Bonchev–Trinajstić information content (AvgIpc) is 3.44. The van der Waals surface area contributed by atoms with Gasteiger partial charge in [0.2, 0.25) is 0 Å². The summed E-state index contributed by atoms with van der Waals surface area (Å²) >= 11 is 5.86. The van der Waals surface area contributed by atoms with Crippen LogP contribution in [0.25, 0.3) is 5.69 Å². The molecule has 160 valence electrons. The summed E-state index contributed by atoms with van der Waals surface area (Å²) in [5.41, 5.74) is 5.44. The Balaban J connectivity index is 1.64. The molecule has 0 unspecified atom stereocenters. The van der Waals surface area contributed by atoms with Gasteiger partial charge in [-0.1, -0.05) is 24.3 Å². The topological polar surface area (TPSA) is 36.3 Å². The molecule has 1 aliphatic rings. The van der Waals surface area contributed by atoms with Crippen molar-refractivity contribution >= 4 is 28.7 Å². The third-order valence-corrected chi connectivity index (χ3v) is 6.17. The minimum atomic E-state index is -0.0745. The van der Waals surface area contributed by atoms with E-state index in [1.165, 1.54) is 0 Å². The molecule has 3 heterocycles. The van der Waals surface area contributed by atoms with Crippen molar-refractivity contribution in [1.29, 1.82) is 0 Å². The monoisotopic (exact) mass is 439 g/mol. The van der Waals surface area contributed by atoms with E-state index < -0.39 is 0 Å². The predicted molar refractivity (Wildman–Crippen MR) is 134 cm³/mol. The maximum atomic E-state index is 5.86. The fourth-order valence-electron chi connectivity index (χ4n) is 4.30. The highest BCUT2D eigenvalue weighted by Gasteiger charge is 2.42. The smallest absolute Gasteiger partial charge is 0.174 e. The van der Waals surface area contributed by atoms with Crippen LogP contribution in [-0.2, 0) is 0 Å². The number of thiocarbonyl (C=S) groups is 1. The van der Waals surface area contributed by atoms with Crippen molar-refractivity contribution in [2.75, 3.05) is 23.9 Å². The van der Waals surface area contributed by atoms with E-state index in [9.17, 15) is 0 Å². The van der Waals surface area contributed by atoms with Gasteiger partial charge in [-0.25, -0.2) is 0 Å². The number of para-hydroxylation sites is 1. The molecule has 32 heavy (non-hydrogen) atoms. The first-order valence-corrected chi connectivity index (χ1v) is 11.0.